The first kappa shape index (κ1) is 10.2. The van der Waals surface area contributed by atoms with Crippen molar-refractivity contribution in [3.05, 3.63) is 29.5 Å². The molecule has 1 heterocycles. The van der Waals surface area contributed by atoms with Crippen LogP contribution in [-0.4, -0.2) is 16.8 Å². The lowest BCUT2D eigenvalue weighted by atomic mass is 10.0. The van der Waals surface area contributed by atoms with Gasteiger partial charge in [-0.15, -0.1) is 0 Å². The van der Waals surface area contributed by atoms with Crippen LogP contribution in [0.5, 0.6) is 0 Å². The second kappa shape index (κ2) is 3.66. The zero-order chi connectivity index (χ0) is 11.0. The molecule has 15 heavy (non-hydrogen) atoms. The average molecular weight is 203 g/mol. The van der Waals surface area contributed by atoms with Crippen molar-refractivity contribution in [1.29, 1.82) is 0 Å². The molecular weight excluding hydrogens is 186 g/mol. The number of aromatic nitrogens is 2. The number of hydrogen-bond acceptors (Lipinski definition) is 2. The highest BCUT2D eigenvalue weighted by molar-refractivity contribution is 5.85. The van der Waals surface area contributed by atoms with Gasteiger partial charge < -0.3 is 5.32 Å². The highest BCUT2D eigenvalue weighted by Gasteiger charge is 2.12. The third-order valence-electron chi connectivity index (χ3n) is 2.98. The molecule has 3 heteroatoms. The maximum absolute atomic E-state index is 4.46. The van der Waals surface area contributed by atoms with E-state index in [1.807, 2.05) is 18.8 Å². The monoisotopic (exact) mass is 203 g/mol. The third-order valence-corrected chi connectivity index (χ3v) is 2.98. The summed E-state index contributed by atoms with van der Waals surface area (Å²) in [4.78, 5) is 0. The van der Waals surface area contributed by atoms with Gasteiger partial charge in [0.05, 0.1) is 11.2 Å². The van der Waals surface area contributed by atoms with Gasteiger partial charge in [0.1, 0.15) is 0 Å². The van der Waals surface area contributed by atoms with Crippen molar-refractivity contribution in [3.8, 4) is 0 Å². The van der Waals surface area contributed by atoms with E-state index in [-0.39, 0.29) is 0 Å². The van der Waals surface area contributed by atoms with Crippen molar-refractivity contribution >= 4 is 10.9 Å². The molecule has 1 aromatic carbocycles. The Balaban J connectivity index is 2.75. The van der Waals surface area contributed by atoms with Crippen LogP contribution >= 0.6 is 0 Å². The second-order valence-corrected chi connectivity index (χ2v) is 3.96. The van der Waals surface area contributed by atoms with Crippen molar-refractivity contribution in [2.24, 2.45) is 7.05 Å². The molecule has 1 atom stereocenters. The van der Waals surface area contributed by atoms with Crippen LogP contribution < -0.4 is 5.32 Å². The summed E-state index contributed by atoms with van der Waals surface area (Å²) < 4.78 is 1.97. The van der Waals surface area contributed by atoms with Crippen molar-refractivity contribution in [1.82, 2.24) is 15.1 Å². The lowest BCUT2D eigenvalue weighted by Crippen LogP contribution is -2.13. The number of nitrogens with zero attached hydrogens (tertiary/aromatic N) is 2. The lowest BCUT2D eigenvalue weighted by molar-refractivity contribution is 0.650. The molecule has 3 nitrogen and oxygen atoms in total. The predicted molar refractivity (Wildman–Crippen MR) is 62.9 cm³/mol. The first-order valence-corrected chi connectivity index (χ1v) is 5.24. The minimum Gasteiger partial charge on any atom is -0.313 e. The molecule has 0 aliphatic heterocycles. The van der Waals surface area contributed by atoms with Gasteiger partial charge in [-0.1, -0.05) is 18.2 Å². The van der Waals surface area contributed by atoms with E-state index in [4.69, 9.17) is 0 Å². The molecule has 0 aliphatic rings. The molecule has 0 radical (unpaired) electrons. The summed E-state index contributed by atoms with van der Waals surface area (Å²) in [5.74, 6) is 0. The van der Waals surface area contributed by atoms with Crippen molar-refractivity contribution in [2.75, 3.05) is 7.05 Å². The van der Waals surface area contributed by atoms with Crippen LogP contribution in [0.3, 0.4) is 0 Å². The van der Waals surface area contributed by atoms with Crippen LogP contribution in [0, 0.1) is 6.92 Å². The maximum atomic E-state index is 4.46. The molecule has 1 aromatic heterocycles. The maximum Gasteiger partial charge on any atom is 0.0729 e. The number of rotatable bonds is 2. The van der Waals surface area contributed by atoms with Crippen LogP contribution in [-0.2, 0) is 7.05 Å². The number of nitrogens with one attached hydrogen (secondary N) is 1. The van der Waals surface area contributed by atoms with E-state index in [1.165, 1.54) is 16.5 Å². The Hall–Kier alpha value is -1.35. The van der Waals surface area contributed by atoms with Crippen LogP contribution in [0.15, 0.2) is 18.2 Å². The van der Waals surface area contributed by atoms with Gasteiger partial charge in [-0.2, -0.15) is 5.10 Å². The van der Waals surface area contributed by atoms with E-state index in [0.717, 1.165) is 5.69 Å². The Kier molecular flexibility index (Phi) is 2.49. The summed E-state index contributed by atoms with van der Waals surface area (Å²) >= 11 is 0. The smallest absolute Gasteiger partial charge is 0.0729 e. The molecule has 1 N–H and O–H groups in total. The molecule has 0 bridgehead atoms. The molecule has 2 rings (SSSR count). The Morgan fingerprint density at radius 2 is 2.13 bits per heavy atom. The largest absolute Gasteiger partial charge is 0.313 e. The van der Waals surface area contributed by atoms with E-state index in [1.54, 1.807) is 0 Å². The summed E-state index contributed by atoms with van der Waals surface area (Å²) in [5, 5.41) is 8.97. The van der Waals surface area contributed by atoms with Gasteiger partial charge in [0.2, 0.25) is 0 Å². The van der Waals surface area contributed by atoms with E-state index < -0.39 is 0 Å². The molecule has 0 spiro atoms. The van der Waals surface area contributed by atoms with Gasteiger partial charge >= 0.3 is 0 Å². The Bertz CT molecular complexity index is 485. The highest BCUT2D eigenvalue weighted by atomic mass is 15.3. The summed E-state index contributed by atoms with van der Waals surface area (Å²) in [5.41, 5.74) is 3.63. The summed E-state index contributed by atoms with van der Waals surface area (Å²) in [6.07, 6.45) is 0. The van der Waals surface area contributed by atoms with Crippen LogP contribution in [0.4, 0.5) is 0 Å². The zero-order valence-electron chi connectivity index (χ0n) is 9.70. The lowest BCUT2D eigenvalue weighted by Gasteiger charge is -2.12. The Morgan fingerprint density at radius 1 is 1.40 bits per heavy atom. The summed E-state index contributed by atoms with van der Waals surface area (Å²) in [6.45, 7) is 4.22. The first-order valence-electron chi connectivity index (χ1n) is 5.24. The molecule has 0 fully saturated rings. The molecule has 0 amide bonds. The predicted octanol–water partition coefficient (Wildman–Crippen LogP) is 2.16. The van der Waals surface area contributed by atoms with Gasteiger partial charge in [0, 0.05) is 18.5 Å². The molecule has 2 aromatic rings. The van der Waals surface area contributed by atoms with Crippen molar-refractivity contribution in [2.45, 2.75) is 19.9 Å². The summed E-state index contributed by atoms with van der Waals surface area (Å²) in [6, 6.07) is 6.73. The number of hydrogen-bond donors (Lipinski definition) is 1. The molecule has 0 saturated carbocycles. The van der Waals surface area contributed by atoms with Gasteiger partial charge in [0.15, 0.2) is 0 Å². The number of aryl methyl sites for hydroxylation is 2. The fraction of sp³-hybridized carbons (Fsp3) is 0.417. The van der Waals surface area contributed by atoms with Gasteiger partial charge in [0.25, 0.3) is 0 Å². The summed E-state index contributed by atoms with van der Waals surface area (Å²) in [7, 11) is 3.98. The minimum atomic E-state index is 0.350. The van der Waals surface area contributed by atoms with Crippen LogP contribution in [0.2, 0.25) is 0 Å². The number of fused-ring (bicyclic) bond motifs is 1. The molecular formula is C12H17N3. The van der Waals surface area contributed by atoms with Crippen LogP contribution in [0.25, 0.3) is 10.9 Å². The van der Waals surface area contributed by atoms with E-state index in [9.17, 15) is 0 Å². The van der Waals surface area contributed by atoms with Crippen LogP contribution in [0.1, 0.15) is 24.2 Å². The molecule has 1 unspecified atom stereocenters. The van der Waals surface area contributed by atoms with Gasteiger partial charge in [-0.3, -0.25) is 4.68 Å². The van der Waals surface area contributed by atoms with Crippen molar-refractivity contribution in [3.63, 3.8) is 0 Å². The minimum absolute atomic E-state index is 0.350. The topological polar surface area (TPSA) is 29.9 Å². The molecule has 0 saturated heterocycles. The molecule has 80 valence electrons. The van der Waals surface area contributed by atoms with E-state index in [0.29, 0.717) is 6.04 Å². The number of benzene rings is 1. The fourth-order valence-electron chi connectivity index (χ4n) is 2.05. The van der Waals surface area contributed by atoms with Gasteiger partial charge in [-0.25, -0.2) is 0 Å². The molecule has 0 aliphatic carbocycles. The highest BCUT2D eigenvalue weighted by Crippen LogP contribution is 2.25. The fourth-order valence-corrected chi connectivity index (χ4v) is 2.05. The van der Waals surface area contributed by atoms with Crippen molar-refractivity contribution < 1.29 is 0 Å². The number of para-hydroxylation sites is 1. The normalized spacial score (nSPS) is 13.3. The standard InChI is InChI=1S/C12H17N3/c1-8(13-3)10-6-5-7-11-9(2)14-15(4)12(10)11/h5-8,13H,1-4H3. The first-order chi connectivity index (χ1) is 7.15. The van der Waals surface area contributed by atoms with Gasteiger partial charge in [-0.05, 0) is 26.5 Å². The third kappa shape index (κ3) is 1.53. The van der Waals surface area contributed by atoms with E-state index >= 15 is 0 Å². The Labute approximate surface area is 90.1 Å². The zero-order valence-corrected chi connectivity index (χ0v) is 9.70. The quantitative estimate of drug-likeness (QED) is 0.810. The second-order valence-electron chi connectivity index (χ2n) is 3.96. The van der Waals surface area contributed by atoms with E-state index in [2.05, 4.69) is 42.5 Å². The Morgan fingerprint density at radius 3 is 2.80 bits per heavy atom. The average Bonchev–Trinajstić information content (AvgIpc) is 2.54. The SMILES string of the molecule is CNC(C)c1cccc2c(C)nn(C)c12.